The maximum atomic E-state index is 14.2. The van der Waals surface area contributed by atoms with Crippen LogP contribution < -0.4 is 10.6 Å². The minimum Gasteiger partial charge on any atom is -0.462 e. The van der Waals surface area contributed by atoms with Crippen molar-refractivity contribution >= 4 is 29.2 Å². The lowest BCUT2D eigenvalue weighted by Gasteiger charge is -2.26. The number of esters is 1. The number of pyridine rings is 1. The van der Waals surface area contributed by atoms with Crippen molar-refractivity contribution < 1.29 is 28.2 Å². The summed E-state index contributed by atoms with van der Waals surface area (Å²) in [7, 11) is 0. The van der Waals surface area contributed by atoms with Crippen molar-refractivity contribution in [2.24, 2.45) is 0 Å². The van der Waals surface area contributed by atoms with Gasteiger partial charge in [-0.2, -0.15) is 0 Å². The number of hydrogen-bond acceptors (Lipinski definition) is 7. The Hall–Kier alpha value is -3.37. The molecule has 176 valence electrons. The minimum atomic E-state index is -0.611. The van der Waals surface area contributed by atoms with E-state index in [0.29, 0.717) is 31.1 Å². The van der Waals surface area contributed by atoms with Crippen LogP contribution in [-0.2, 0) is 14.3 Å². The number of aromatic nitrogens is 1. The van der Waals surface area contributed by atoms with Gasteiger partial charge < -0.3 is 20.1 Å². The van der Waals surface area contributed by atoms with Crippen molar-refractivity contribution in [3.8, 4) is 0 Å². The Balaban J connectivity index is 1.61. The van der Waals surface area contributed by atoms with Gasteiger partial charge in [0.1, 0.15) is 11.5 Å². The number of nitrogens with zero attached hydrogens (tertiary/aromatic N) is 2. The van der Waals surface area contributed by atoms with Gasteiger partial charge in [0.05, 0.1) is 36.8 Å². The van der Waals surface area contributed by atoms with E-state index in [1.54, 1.807) is 13.8 Å². The smallest absolute Gasteiger partial charge is 0.339 e. The summed E-state index contributed by atoms with van der Waals surface area (Å²) in [6.07, 6.45) is 0.214. The number of aryl methyl sites for hydroxylation is 1. The lowest BCUT2D eigenvalue weighted by atomic mass is 10.1. The van der Waals surface area contributed by atoms with E-state index in [1.165, 1.54) is 24.3 Å². The molecule has 9 nitrogen and oxygen atoms in total. The van der Waals surface area contributed by atoms with E-state index in [1.807, 2.05) is 0 Å². The van der Waals surface area contributed by atoms with Crippen LogP contribution in [0.25, 0.3) is 0 Å². The first-order valence-electron chi connectivity index (χ1n) is 10.7. The third kappa shape index (κ3) is 6.80. The largest absolute Gasteiger partial charge is 0.462 e. The van der Waals surface area contributed by atoms with E-state index in [2.05, 4.69) is 20.5 Å². The molecule has 2 amide bonds. The fourth-order valence-corrected chi connectivity index (χ4v) is 3.30. The molecule has 0 bridgehead atoms. The van der Waals surface area contributed by atoms with Crippen LogP contribution in [0.2, 0.25) is 0 Å². The van der Waals surface area contributed by atoms with E-state index in [9.17, 15) is 18.8 Å². The van der Waals surface area contributed by atoms with Gasteiger partial charge in [-0.25, -0.2) is 14.2 Å². The molecule has 1 aliphatic rings. The van der Waals surface area contributed by atoms with Crippen LogP contribution in [0, 0.1) is 12.7 Å². The molecular formula is C23H27FN4O5. The van der Waals surface area contributed by atoms with E-state index in [0.717, 1.165) is 19.2 Å². The zero-order chi connectivity index (χ0) is 23.8. The molecule has 1 saturated heterocycles. The average molecular weight is 458 g/mol. The van der Waals surface area contributed by atoms with Crippen molar-refractivity contribution in [2.45, 2.75) is 20.3 Å². The van der Waals surface area contributed by atoms with Gasteiger partial charge in [-0.1, -0.05) is 0 Å². The summed E-state index contributed by atoms with van der Waals surface area (Å²) >= 11 is 0. The molecule has 10 heteroatoms. The number of rotatable bonds is 8. The third-order valence-electron chi connectivity index (χ3n) is 5.07. The molecule has 2 aromatic rings. The number of anilines is 2. The van der Waals surface area contributed by atoms with E-state index in [-0.39, 0.29) is 35.9 Å². The molecule has 0 spiro atoms. The van der Waals surface area contributed by atoms with Gasteiger partial charge >= 0.3 is 5.97 Å². The summed E-state index contributed by atoms with van der Waals surface area (Å²) in [6, 6.07) is 6.78. The highest BCUT2D eigenvalue weighted by atomic mass is 19.1. The highest BCUT2D eigenvalue weighted by molar-refractivity contribution is 6.04. The maximum absolute atomic E-state index is 14.2. The average Bonchev–Trinajstić information content (AvgIpc) is 2.80. The van der Waals surface area contributed by atoms with Gasteiger partial charge in [0.15, 0.2) is 0 Å². The summed E-state index contributed by atoms with van der Waals surface area (Å²) in [4.78, 5) is 43.0. The quantitative estimate of drug-likeness (QED) is 0.585. The molecule has 0 saturated carbocycles. The van der Waals surface area contributed by atoms with Gasteiger partial charge in [-0.05, 0) is 44.2 Å². The van der Waals surface area contributed by atoms with E-state index in [4.69, 9.17) is 9.47 Å². The molecule has 1 fully saturated rings. The molecule has 0 radical (unpaired) electrons. The standard InChI is InChI=1S/C23H27FN4O5/c1-3-33-23(31)17-5-7-19(25-15(17)2)22(30)26-16-4-6-18(24)20(14-16)27-21(29)8-9-28-10-12-32-13-11-28/h4-7,14H,3,8-13H2,1-2H3,(H,26,30)(H,27,29). The van der Waals surface area contributed by atoms with Crippen LogP contribution in [0.1, 0.15) is 39.9 Å². The van der Waals surface area contributed by atoms with Crippen molar-refractivity contribution in [3.05, 3.63) is 53.1 Å². The second kappa shape index (κ2) is 11.5. The van der Waals surface area contributed by atoms with Crippen molar-refractivity contribution in [1.29, 1.82) is 0 Å². The van der Waals surface area contributed by atoms with Crippen LogP contribution in [0.3, 0.4) is 0 Å². The number of ether oxygens (including phenoxy) is 2. The molecule has 3 rings (SSSR count). The van der Waals surface area contributed by atoms with Crippen LogP contribution in [0.4, 0.5) is 15.8 Å². The van der Waals surface area contributed by atoms with Gasteiger partial charge in [0.2, 0.25) is 5.91 Å². The van der Waals surface area contributed by atoms with Crippen LogP contribution in [0.15, 0.2) is 30.3 Å². The van der Waals surface area contributed by atoms with Crippen LogP contribution in [-0.4, -0.2) is 67.1 Å². The normalized spacial score (nSPS) is 13.9. The highest BCUT2D eigenvalue weighted by Gasteiger charge is 2.17. The first-order valence-corrected chi connectivity index (χ1v) is 10.7. The number of hydrogen-bond donors (Lipinski definition) is 2. The van der Waals surface area contributed by atoms with Crippen LogP contribution >= 0.6 is 0 Å². The molecule has 2 heterocycles. The first-order chi connectivity index (χ1) is 15.9. The molecule has 2 N–H and O–H groups in total. The SMILES string of the molecule is CCOC(=O)c1ccc(C(=O)Nc2ccc(F)c(NC(=O)CCN3CCOCC3)c2)nc1C. The summed E-state index contributed by atoms with van der Waals surface area (Å²) < 4.78 is 24.4. The monoisotopic (exact) mass is 458 g/mol. The summed E-state index contributed by atoms with van der Waals surface area (Å²) in [5, 5.41) is 5.18. The lowest BCUT2D eigenvalue weighted by molar-refractivity contribution is -0.116. The topological polar surface area (TPSA) is 110 Å². The summed E-state index contributed by atoms with van der Waals surface area (Å²) in [5.41, 5.74) is 0.979. The van der Waals surface area contributed by atoms with Crippen molar-refractivity contribution in [3.63, 3.8) is 0 Å². The second-order valence-electron chi connectivity index (χ2n) is 7.45. The van der Waals surface area contributed by atoms with Crippen molar-refractivity contribution in [1.82, 2.24) is 9.88 Å². The fourth-order valence-electron chi connectivity index (χ4n) is 3.30. The Kier molecular flexibility index (Phi) is 8.45. The molecule has 1 aromatic heterocycles. The number of benzene rings is 1. The molecule has 1 aliphatic heterocycles. The van der Waals surface area contributed by atoms with Gasteiger partial charge in [-0.3, -0.25) is 14.5 Å². The number of carbonyl (C=O) groups excluding carboxylic acids is 3. The molecular weight excluding hydrogens is 431 g/mol. The Morgan fingerprint density at radius 3 is 2.61 bits per heavy atom. The fraction of sp³-hybridized carbons (Fsp3) is 0.391. The molecule has 1 aromatic carbocycles. The molecule has 0 unspecified atom stereocenters. The predicted molar refractivity (Wildman–Crippen MR) is 120 cm³/mol. The summed E-state index contributed by atoms with van der Waals surface area (Å²) in [6.45, 7) is 6.89. The van der Waals surface area contributed by atoms with Crippen LogP contribution in [0.5, 0.6) is 0 Å². The van der Waals surface area contributed by atoms with Crippen molar-refractivity contribution in [2.75, 3.05) is 50.1 Å². The zero-order valence-electron chi connectivity index (χ0n) is 18.7. The third-order valence-corrected chi connectivity index (χ3v) is 5.07. The van der Waals surface area contributed by atoms with E-state index < -0.39 is 17.7 Å². The number of amides is 2. The number of morpholine rings is 1. The molecule has 0 aliphatic carbocycles. The zero-order valence-corrected chi connectivity index (χ0v) is 18.7. The number of carbonyl (C=O) groups is 3. The number of halogens is 1. The second-order valence-corrected chi connectivity index (χ2v) is 7.45. The molecule has 0 atom stereocenters. The van der Waals surface area contributed by atoms with E-state index >= 15 is 0 Å². The lowest BCUT2D eigenvalue weighted by Crippen LogP contribution is -2.38. The Labute approximate surface area is 191 Å². The summed E-state index contributed by atoms with van der Waals surface area (Å²) in [5.74, 6) is -1.98. The highest BCUT2D eigenvalue weighted by Crippen LogP contribution is 2.21. The molecule has 33 heavy (non-hydrogen) atoms. The van der Waals surface area contributed by atoms with Gasteiger partial charge in [0, 0.05) is 31.7 Å². The minimum absolute atomic E-state index is 0.0263. The van der Waals surface area contributed by atoms with Gasteiger partial charge in [0.25, 0.3) is 5.91 Å². The Bertz CT molecular complexity index is 1020. The maximum Gasteiger partial charge on any atom is 0.339 e. The predicted octanol–water partition coefficient (Wildman–Crippen LogP) is 2.62. The Morgan fingerprint density at radius 2 is 1.91 bits per heavy atom. The number of nitrogens with one attached hydrogen (secondary N) is 2. The Morgan fingerprint density at radius 1 is 1.15 bits per heavy atom. The van der Waals surface area contributed by atoms with Gasteiger partial charge in [-0.15, -0.1) is 0 Å². The first kappa shape index (κ1) is 24.3.